The fourth-order valence-electron chi connectivity index (χ4n) is 0.849. The average Bonchev–Trinajstić information content (AvgIpc) is 2.03. The van der Waals surface area contributed by atoms with Crippen LogP contribution in [0.25, 0.3) is 0 Å². The third kappa shape index (κ3) is 2.14. The number of carboxylic acid groups (broad SMARTS) is 1. The number of benzene rings is 1. The molecule has 0 unspecified atom stereocenters. The molecule has 0 saturated carbocycles. The van der Waals surface area contributed by atoms with Crippen molar-refractivity contribution in [1.29, 1.82) is 0 Å². The Morgan fingerprint density at radius 1 is 1.62 bits per heavy atom. The van der Waals surface area contributed by atoms with Gasteiger partial charge in [-0.05, 0) is 28.1 Å². The molecule has 0 amide bonds. The molecule has 0 aliphatic carbocycles. The Morgan fingerprint density at radius 3 is 2.69 bits per heavy atom. The smallest absolute Gasteiger partial charge is 0.337 e. The van der Waals surface area contributed by atoms with E-state index < -0.39 is 5.97 Å². The number of aromatic carboxylic acids is 1. The normalized spacial score (nSPS) is 9.77. The molecule has 1 rings (SSSR count). The van der Waals surface area contributed by atoms with E-state index in [-0.39, 0.29) is 10.6 Å². The summed E-state index contributed by atoms with van der Waals surface area (Å²) in [4.78, 5) is 10.6. The van der Waals surface area contributed by atoms with E-state index in [4.69, 9.17) is 21.4 Å². The first-order valence-electron chi connectivity index (χ1n) is 3.32. The molecule has 0 saturated heterocycles. The first-order valence-corrected chi connectivity index (χ1v) is 4.49. The maximum Gasteiger partial charge on any atom is 0.337 e. The van der Waals surface area contributed by atoms with Crippen LogP contribution in [-0.2, 0) is 0 Å². The summed E-state index contributed by atoms with van der Waals surface area (Å²) < 4.78 is 5.55. The first kappa shape index (κ1) is 10.3. The number of carbonyl (C=O) groups is 1. The van der Waals surface area contributed by atoms with Crippen molar-refractivity contribution in [1.82, 2.24) is 0 Å². The number of methoxy groups -OCH3 is 1. The summed E-state index contributed by atoms with van der Waals surface area (Å²) in [7, 11) is 1.46. The van der Waals surface area contributed by atoms with E-state index in [1.165, 1.54) is 19.2 Å². The number of hydrogen-bond acceptors (Lipinski definition) is 2. The van der Waals surface area contributed by atoms with E-state index >= 15 is 0 Å². The van der Waals surface area contributed by atoms with Gasteiger partial charge in [-0.2, -0.15) is 0 Å². The van der Waals surface area contributed by atoms with Gasteiger partial charge >= 0.3 is 5.97 Å². The largest absolute Gasteiger partial charge is 0.496 e. The molecule has 0 bridgehead atoms. The molecule has 0 radical (unpaired) electrons. The Balaban J connectivity index is 3.30. The van der Waals surface area contributed by atoms with Gasteiger partial charge in [-0.15, -0.1) is 0 Å². The summed E-state index contributed by atoms with van der Waals surface area (Å²) in [6, 6.07) is 2.86. The average molecular weight is 265 g/mol. The number of halogens is 2. The van der Waals surface area contributed by atoms with Crippen molar-refractivity contribution < 1.29 is 14.6 Å². The van der Waals surface area contributed by atoms with Crippen LogP contribution < -0.4 is 4.74 Å². The van der Waals surface area contributed by atoms with Crippen LogP contribution in [0.4, 0.5) is 0 Å². The van der Waals surface area contributed by atoms with Crippen LogP contribution in [0, 0.1) is 0 Å². The molecule has 13 heavy (non-hydrogen) atoms. The first-order chi connectivity index (χ1) is 6.06. The molecule has 0 atom stereocenters. The number of hydrogen-bond donors (Lipinski definition) is 1. The second-order valence-corrected chi connectivity index (χ2v) is 3.53. The van der Waals surface area contributed by atoms with Crippen molar-refractivity contribution in [2.24, 2.45) is 0 Å². The molecule has 0 heterocycles. The lowest BCUT2D eigenvalue weighted by atomic mass is 10.2. The maximum atomic E-state index is 10.6. The lowest BCUT2D eigenvalue weighted by molar-refractivity contribution is 0.0696. The number of rotatable bonds is 2. The fraction of sp³-hybridized carbons (Fsp3) is 0.125. The van der Waals surface area contributed by atoms with Gasteiger partial charge in [0.25, 0.3) is 0 Å². The monoisotopic (exact) mass is 264 g/mol. The van der Waals surface area contributed by atoms with Gasteiger partial charge in [0.2, 0.25) is 0 Å². The topological polar surface area (TPSA) is 46.5 Å². The standard InChI is InChI=1S/C8H6BrClO3/c1-13-7-2-4(8(11)12)6(10)3-5(7)9/h2-3H,1H3,(H,11,12). The molecule has 0 aliphatic heterocycles. The van der Waals surface area contributed by atoms with Crippen LogP contribution in [0.2, 0.25) is 5.02 Å². The zero-order valence-corrected chi connectivity index (χ0v) is 9.02. The van der Waals surface area contributed by atoms with E-state index in [0.29, 0.717) is 10.2 Å². The predicted molar refractivity (Wildman–Crippen MR) is 52.7 cm³/mol. The van der Waals surface area contributed by atoms with Gasteiger partial charge in [-0.3, -0.25) is 0 Å². The van der Waals surface area contributed by atoms with E-state index in [1.54, 1.807) is 0 Å². The minimum absolute atomic E-state index is 0.0294. The van der Waals surface area contributed by atoms with E-state index in [1.807, 2.05) is 0 Å². The molecule has 1 N–H and O–H groups in total. The second kappa shape index (κ2) is 3.98. The minimum Gasteiger partial charge on any atom is -0.496 e. The zero-order valence-electron chi connectivity index (χ0n) is 6.67. The quantitative estimate of drug-likeness (QED) is 0.894. The van der Waals surface area contributed by atoms with Gasteiger partial charge < -0.3 is 9.84 Å². The highest BCUT2D eigenvalue weighted by Gasteiger charge is 2.12. The van der Waals surface area contributed by atoms with Crippen molar-refractivity contribution in [3.63, 3.8) is 0 Å². The molecular weight excluding hydrogens is 259 g/mol. The summed E-state index contributed by atoms with van der Waals surface area (Å²) in [6.07, 6.45) is 0. The summed E-state index contributed by atoms with van der Waals surface area (Å²) >= 11 is 8.88. The third-order valence-electron chi connectivity index (χ3n) is 1.47. The Kier molecular flexibility index (Phi) is 3.17. The Morgan fingerprint density at radius 2 is 2.23 bits per heavy atom. The summed E-state index contributed by atoms with van der Waals surface area (Å²) in [6.45, 7) is 0. The van der Waals surface area contributed by atoms with Crippen LogP contribution in [-0.4, -0.2) is 18.2 Å². The van der Waals surface area contributed by atoms with Gasteiger partial charge in [-0.25, -0.2) is 4.79 Å². The van der Waals surface area contributed by atoms with Crippen molar-refractivity contribution in [3.05, 3.63) is 27.2 Å². The Bertz CT molecular complexity index is 351. The third-order valence-corrected chi connectivity index (χ3v) is 2.40. The van der Waals surface area contributed by atoms with Crippen LogP contribution >= 0.6 is 27.5 Å². The highest BCUT2D eigenvalue weighted by atomic mass is 79.9. The van der Waals surface area contributed by atoms with Gasteiger partial charge in [-0.1, -0.05) is 11.6 Å². The van der Waals surface area contributed by atoms with Crippen LogP contribution in [0.5, 0.6) is 5.75 Å². The molecule has 1 aromatic carbocycles. The van der Waals surface area contributed by atoms with Gasteiger partial charge in [0, 0.05) is 0 Å². The summed E-state index contributed by atoms with van der Waals surface area (Å²) in [5, 5.41) is 8.90. The van der Waals surface area contributed by atoms with Crippen molar-refractivity contribution in [2.75, 3.05) is 7.11 Å². The Labute approximate surface area is 88.4 Å². The lowest BCUT2D eigenvalue weighted by Gasteiger charge is -2.05. The minimum atomic E-state index is -1.07. The van der Waals surface area contributed by atoms with Gasteiger partial charge in [0.15, 0.2) is 0 Å². The predicted octanol–water partition coefficient (Wildman–Crippen LogP) is 2.81. The number of carboxylic acids is 1. The second-order valence-electron chi connectivity index (χ2n) is 2.27. The van der Waals surface area contributed by atoms with Crippen LogP contribution in [0.3, 0.4) is 0 Å². The van der Waals surface area contributed by atoms with Crippen molar-refractivity contribution in [3.8, 4) is 5.75 Å². The maximum absolute atomic E-state index is 10.6. The van der Waals surface area contributed by atoms with Crippen molar-refractivity contribution in [2.45, 2.75) is 0 Å². The van der Waals surface area contributed by atoms with Gasteiger partial charge in [0.05, 0.1) is 22.2 Å². The lowest BCUT2D eigenvalue weighted by Crippen LogP contribution is -1.98. The molecular formula is C8H6BrClO3. The fourth-order valence-corrected chi connectivity index (χ4v) is 1.73. The molecule has 0 aliphatic rings. The summed E-state index contributed by atoms with van der Waals surface area (Å²) in [5.41, 5.74) is 0.0294. The van der Waals surface area contributed by atoms with E-state index in [2.05, 4.69) is 15.9 Å². The van der Waals surface area contributed by atoms with E-state index in [0.717, 1.165) is 0 Å². The molecule has 1 aromatic rings. The molecule has 3 nitrogen and oxygen atoms in total. The highest BCUT2D eigenvalue weighted by Crippen LogP contribution is 2.30. The number of ether oxygens (including phenoxy) is 1. The highest BCUT2D eigenvalue weighted by molar-refractivity contribution is 9.10. The van der Waals surface area contributed by atoms with Crippen LogP contribution in [0.15, 0.2) is 16.6 Å². The van der Waals surface area contributed by atoms with E-state index in [9.17, 15) is 4.79 Å². The van der Waals surface area contributed by atoms with Crippen LogP contribution in [0.1, 0.15) is 10.4 Å². The zero-order chi connectivity index (χ0) is 10.0. The van der Waals surface area contributed by atoms with Gasteiger partial charge in [0.1, 0.15) is 5.75 Å². The molecule has 0 fully saturated rings. The van der Waals surface area contributed by atoms with Crippen molar-refractivity contribution >= 4 is 33.5 Å². The molecule has 0 aromatic heterocycles. The summed E-state index contributed by atoms with van der Waals surface area (Å²) in [5.74, 6) is -0.627. The molecule has 5 heteroatoms. The molecule has 0 spiro atoms. The Hall–Kier alpha value is -0.740. The molecule has 70 valence electrons. The SMILES string of the molecule is COc1cc(C(=O)O)c(Cl)cc1Br.